The molecular formula is C32H35N3O3S2. The van der Waals surface area contributed by atoms with Crippen LogP contribution in [0.25, 0.3) is 11.3 Å². The van der Waals surface area contributed by atoms with Crippen molar-refractivity contribution in [1.82, 2.24) is 8.87 Å². The van der Waals surface area contributed by atoms with E-state index in [0.717, 1.165) is 67.0 Å². The fraction of sp³-hybridized carbons (Fsp3) is 0.344. The Kier molecular flexibility index (Phi) is 8.30. The molecule has 0 amide bonds. The second kappa shape index (κ2) is 12.2. The number of hydrogen-bond donors (Lipinski definition) is 0. The van der Waals surface area contributed by atoms with Gasteiger partial charge in [-0.25, -0.2) is 13.4 Å². The molecule has 0 saturated carbocycles. The Morgan fingerprint density at radius 3 is 2.25 bits per heavy atom. The fourth-order valence-corrected chi connectivity index (χ4v) is 8.09. The smallest absolute Gasteiger partial charge is 0.243 e. The molecule has 3 aromatic carbocycles. The van der Waals surface area contributed by atoms with Gasteiger partial charge in [0.25, 0.3) is 0 Å². The SMILES string of the molecule is O=S(=O)(c1ccc(-c2csc(=Nc3ccccc3)n2C[C@@H]2CCCO2)cc1)N1CCC(Cc2ccccc2)CC1. The minimum Gasteiger partial charge on any atom is -0.376 e. The van der Waals surface area contributed by atoms with Gasteiger partial charge in [0.2, 0.25) is 10.0 Å². The number of rotatable bonds is 8. The molecule has 0 aliphatic carbocycles. The molecule has 40 heavy (non-hydrogen) atoms. The Bertz CT molecular complexity index is 1570. The van der Waals surface area contributed by atoms with Gasteiger partial charge < -0.3 is 9.30 Å². The van der Waals surface area contributed by atoms with Crippen LogP contribution < -0.4 is 4.80 Å². The van der Waals surface area contributed by atoms with Crippen molar-refractivity contribution in [2.75, 3.05) is 19.7 Å². The summed E-state index contributed by atoms with van der Waals surface area (Å²) in [6.07, 6.45) is 5.05. The molecule has 3 heterocycles. The third-order valence-electron chi connectivity index (χ3n) is 7.92. The molecule has 2 aliphatic heterocycles. The molecule has 0 N–H and O–H groups in total. The van der Waals surface area contributed by atoms with Crippen LogP contribution in [0.4, 0.5) is 5.69 Å². The predicted molar refractivity (Wildman–Crippen MR) is 160 cm³/mol. The van der Waals surface area contributed by atoms with E-state index in [1.165, 1.54) is 5.56 Å². The number of aromatic nitrogens is 1. The lowest BCUT2D eigenvalue weighted by Crippen LogP contribution is -2.38. The predicted octanol–water partition coefficient (Wildman–Crippen LogP) is 6.27. The lowest BCUT2D eigenvalue weighted by Gasteiger charge is -2.31. The average molecular weight is 574 g/mol. The highest BCUT2D eigenvalue weighted by Gasteiger charge is 2.29. The second-order valence-electron chi connectivity index (χ2n) is 10.7. The zero-order chi connectivity index (χ0) is 27.4. The maximum Gasteiger partial charge on any atom is 0.243 e. The Morgan fingerprint density at radius 1 is 0.875 bits per heavy atom. The third kappa shape index (κ3) is 6.15. The average Bonchev–Trinajstić information content (AvgIpc) is 3.65. The Labute approximate surface area is 240 Å². The van der Waals surface area contributed by atoms with Crippen molar-refractivity contribution >= 4 is 27.0 Å². The minimum absolute atomic E-state index is 0.160. The standard InChI is InChI=1S/C32H35N3O3S2/c36-40(37,34-19-17-26(18-20-34)22-25-8-3-1-4-9-25)30-15-13-27(14-16-30)31-24-39-32(33-28-10-5-2-6-11-28)35(31)23-29-12-7-21-38-29/h1-6,8-11,13-16,24,26,29H,7,12,17-23H2/t29-/m0/s1. The zero-order valence-electron chi connectivity index (χ0n) is 22.6. The maximum atomic E-state index is 13.5. The van der Waals surface area contributed by atoms with Crippen LogP contribution in [-0.4, -0.2) is 43.1 Å². The fourth-order valence-electron chi connectivity index (χ4n) is 5.68. The van der Waals surface area contributed by atoms with E-state index in [9.17, 15) is 8.42 Å². The van der Waals surface area contributed by atoms with Gasteiger partial charge in [0.15, 0.2) is 4.80 Å². The first-order valence-corrected chi connectivity index (χ1v) is 16.4. The van der Waals surface area contributed by atoms with Gasteiger partial charge in [-0.3, -0.25) is 0 Å². The number of sulfonamides is 1. The van der Waals surface area contributed by atoms with Crippen molar-refractivity contribution in [3.8, 4) is 11.3 Å². The molecule has 1 aromatic heterocycles. The zero-order valence-corrected chi connectivity index (χ0v) is 24.2. The summed E-state index contributed by atoms with van der Waals surface area (Å²) in [5.41, 5.74) is 4.24. The summed E-state index contributed by atoms with van der Waals surface area (Å²) in [6.45, 7) is 2.66. The number of hydrogen-bond acceptors (Lipinski definition) is 5. The molecule has 6 nitrogen and oxygen atoms in total. The molecule has 8 heteroatoms. The highest BCUT2D eigenvalue weighted by molar-refractivity contribution is 7.89. The van der Waals surface area contributed by atoms with Gasteiger partial charge in [0, 0.05) is 25.1 Å². The van der Waals surface area contributed by atoms with Crippen LogP contribution in [0, 0.1) is 5.92 Å². The summed E-state index contributed by atoms with van der Waals surface area (Å²) >= 11 is 1.60. The normalized spacial score (nSPS) is 19.3. The van der Waals surface area contributed by atoms with E-state index in [4.69, 9.17) is 9.73 Å². The number of piperidine rings is 1. The topological polar surface area (TPSA) is 63.9 Å². The number of benzene rings is 3. The molecule has 2 fully saturated rings. The van der Waals surface area contributed by atoms with Crippen molar-refractivity contribution < 1.29 is 13.2 Å². The largest absolute Gasteiger partial charge is 0.376 e. The Morgan fingerprint density at radius 2 is 1.57 bits per heavy atom. The summed E-state index contributed by atoms with van der Waals surface area (Å²) in [5, 5.41) is 2.11. The van der Waals surface area contributed by atoms with Crippen LogP contribution in [-0.2, 0) is 27.7 Å². The van der Waals surface area contributed by atoms with E-state index in [1.807, 2.05) is 48.5 Å². The highest BCUT2D eigenvalue weighted by Crippen LogP contribution is 2.29. The summed E-state index contributed by atoms with van der Waals surface area (Å²) in [5.74, 6) is 0.518. The third-order valence-corrected chi connectivity index (χ3v) is 10.7. The van der Waals surface area contributed by atoms with Crippen molar-refractivity contribution in [3.63, 3.8) is 0 Å². The molecule has 4 aromatic rings. The van der Waals surface area contributed by atoms with E-state index in [0.29, 0.717) is 23.9 Å². The maximum absolute atomic E-state index is 13.5. The van der Waals surface area contributed by atoms with Gasteiger partial charge in [-0.1, -0.05) is 60.7 Å². The van der Waals surface area contributed by atoms with E-state index in [1.54, 1.807) is 27.8 Å². The van der Waals surface area contributed by atoms with Crippen molar-refractivity contribution in [1.29, 1.82) is 0 Å². The van der Waals surface area contributed by atoms with Crippen molar-refractivity contribution in [2.45, 2.75) is 49.6 Å². The molecule has 2 saturated heterocycles. The molecule has 1 atom stereocenters. The van der Waals surface area contributed by atoms with E-state index in [-0.39, 0.29) is 6.10 Å². The highest BCUT2D eigenvalue weighted by atomic mass is 32.2. The molecule has 2 aliphatic rings. The van der Waals surface area contributed by atoms with Gasteiger partial charge in [-0.15, -0.1) is 11.3 Å². The molecule has 0 radical (unpaired) electrons. The minimum atomic E-state index is -3.53. The molecular weight excluding hydrogens is 539 g/mol. The quantitative estimate of drug-likeness (QED) is 0.250. The molecule has 6 rings (SSSR count). The van der Waals surface area contributed by atoms with Crippen molar-refractivity contribution in [2.24, 2.45) is 10.9 Å². The van der Waals surface area contributed by atoms with Crippen LogP contribution in [0.2, 0.25) is 0 Å². The molecule has 0 bridgehead atoms. The van der Waals surface area contributed by atoms with Gasteiger partial charge in [0.1, 0.15) is 0 Å². The number of para-hydroxylation sites is 1. The van der Waals surface area contributed by atoms with Crippen LogP contribution in [0.3, 0.4) is 0 Å². The Hall–Kier alpha value is -3.04. The van der Waals surface area contributed by atoms with Gasteiger partial charge >= 0.3 is 0 Å². The summed E-state index contributed by atoms with van der Waals surface area (Å²) < 4.78 is 36.8. The van der Waals surface area contributed by atoms with Gasteiger partial charge in [-0.2, -0.15) is 4.31 Å². The lowest BCUT2D eigenvalue weighted by atomic mass is 9.91. The first-order valence-electron chi connectivity index (χ1n) is 14.1. The molecule has 0 unspecified atom stereocenters. The van der Waals surface area contributed by atoms with E-state index < -0.39 is 10.0 Å². The van der Waals surface area contributed by atoms with Crippen molar-refractivity contribution in [3.05, 3.63) is 101 Å². The van der Waals surface area contributed by atoms with Gasteiger partial charge in [-0.05, 0) is 73.4 Å². The molecule has 0 spiro atoms. The van der Waals surface area contributed by atoms with Crippen LogP contribution >= 0.6 is 11.3 Å². The first kappa shape index (κ1) is 27.1. The van der Waals surface area contributed by atoms with Crippen LogP contribution in [0.15, 0.2) is 100 Å². The van der Waals surface area contributed by atoms with E-state index in [2.05, 4.69) is 34.2 Å². The summed E-state index contributed by atoms with van der Waals surface area (Å²) in [6, 6.07) is 27.8. The number of ether oxygens (including phenoxy) is 1. The number of thiazole rings is 1. The second-order valence-corrected chi connectivity index (χ2v) is 13.4. The summed E-state index contributed by atoms with van der Waals surface area (Å²) in [4.78, 5) is 6.17. The van der Waals surface area contributed by atoms with Gasteiger partial charge in [0.05, 0.1) is 28.9 Å². The van der Waals surface area contributed by atoms with Crippen LogP contribution in [0.1, 0.15) is 31.2 Å². The lowest BCUT2D eigenvalue weighted by molar-refractivity contribution is 0.0968. The number of nitrogens with zero attached hydrogens (tertiary/aromatic N) is 3. The summed E-state index contributed by atoms with van der Waals surface area (Å²) in [7, 11) is -3.53. The van der Waals surface area contributed by atoms with Crippen LogP contribution in [0.5, 0.6) is 0 Å². The first-order chi connectivity index (χ1) is 19.6. The van der Waals surface area contributed by atoms with E-state index >= 15 is 0 Å². The molecule has 208 valence electrons. The monoisotopic (exact) mass is 573 g/mol. The Balaban J connectivity index is 1.20.